The zero-order valence-electron chi connectivity index (χ0n) is 5.89. The third kappa shape index (κ3) is 7.07. The summed E-state index contributed by atoms with van der Waals surface area (Å²) in [5, 5.41) is 3.59. The van der Waals surface area contributed by atoms with Crippen molar-refractivity contribution in [2.75, 3.05) is 6.54 Å². The van der Waals surface area contributed by atoms with Gasteiger partial charge in [-0.05, 0) is 5.92 Å². The third-order valence-electron chi connectivity index (χ3n) is 0.708. The highest BCUT2D eigenvalue weighted by molar-refractivity contribution is 5.75. The summed E-state index contributed by atoms with van der Waals surface area (Å²) in [6, 6.07) is 0. The van der Waals surface area contributed by atoms with Crippen molar-refractivity contribution < 1.29 is 0 Å². The zero-order chi connectivity index (χ0) is 7.28. The van der Waals surface area contributed by atoms with Gasteiger partial charge < -0.3 is 16.9 Å². The van der Waals surface area contributed by atoms with Crippen molar-refractivity contribution in [2.45, 2.75) is 13.8 Å². The van der Waals surface area contributed by atoms with Crippen LogP contribution in [0.25, 0.3) is 0 Å². The van der Waals surface area contributed by atoms with Gasteiger partial charge in [0.2, 0.25) is 5.96 Å². The fourth-order valence-corrected chi connectivity index (χ4v) is 0.320. The SMILES string of the molecule is CC(C)CNN=C(N)N. The van der Waals surface area contributed by atoms with Gasteiger partial charge in [-0.3, -0.25) is 0 Å². The Bertz CT molecular complexity index is 93.1. The third-order valence-corrected chi connectivity index (χ3v) is 0.708. The molecule has 0 bridgehead atoms. The number of hydrogen-bond acceptors (Lipinski definition) is 2. The second-order valence-electron chi connectivity index (χ2n) is 2.29. The average Bonchev–Trinajstić information content (AvgIpc) is 1.63. The van der Waals surface area contributed by atoms with Gasteiger partial charge in [-0.2, -0.15) is 0 Å². The van der Waals surface area contributed by atoms with Gasteiger partial charge >= 0.3 is 0 Å². The van der Waals surface area contributed by atoms with E-state index < -0.39 is 0 Å². The second-order valence-corrected chi connectivity index (χ2v) is 2.29. The lowest BCUT2D eigenvalue weighted by molar-refractivity contribution is 0.569. The van der Waals surface area contributed by atoms with Crippen molar-refractivity contribution in [1.29, 1.82) is 0 Å². The molecule has 4 heteroatoms. The van der Waals surface area contributed by atoms with Crippen LogP contribution in [0.2, 0.25) is 0 Å². The first kappa shape index (κ1) is 8.07. The van der Waals surface area contributed by atoms with Crippen LogP contribution in [0.1, 0.15) is 13.8 Å². The molecule has 0 aromatic carbocycles. The molecule has 0 fully saturated rings. The number of hydrogen-bond donors (Lipinski definition) is 3. The summed E-state index contributed by atoms with van der Waals surface area (Å²) in [6.45, 7) is 4.96. The van der Waals surface area contributed by atoms with Crippen LogP contribution in [0.4, 0.5) is 0 Å². The Labute approximate surface area is 55.3 Å². The molecule has 0 amide bonds. The Morgan fingerprint density at radius 3 is 2.44 bits per heavy atom. The van der Waals surface area contributed by atoms with Crippen molar-refractivity contribution in [3.8, 4) is 0 Å². The molecule has 0 spiro atoms. The fraction of sp³-hybridized carbons (Fsp3) is 0.800. The Balaban J connectivity index is 3.20. The minimum atomic E-state index is 0.0793. The summed E-state index contributed by atoms with van der Waals surface area (Å²) in [5.74, 6) is 0.642. The van der Waals surface area contributed by atoms with Gasteiger partial charge in [0.05, 0.1) is 0 Å². The Hall–Kier alpha value is -0.930. The molecule has 0 heterocycles. The Morgan fingerprint density at radius 2 is 2.11 bits per heavy atom. The summed E-state index contributed by atoms with van der Waals surface area (Å²) in [5.41, 5.74) is 12.8. The van der Waals surface area contributed by atoms with Crippen molar-refractivity contribution in [3.05, 3.63) is 0 Å². The number of hydrazone groups is 1. The predicted octanol–water partition coefficient (Wildman–Crippen LogP) is -0.580. The van der Waals surface area contributed by atoms with Crippen molar-refractivity contribution >= 4 is 5.96 Å². The van der Waals surface area contributed by atoms with E-state index in [1.54, 1.807) is 0 Å². The van der Waals surface area contributed by atoms with Gasteiger partial charge in [0.15, 0.2) is 0 Å². The minimum Gasteiger partial charge on any atom is -0.369 e. The molecule has 0 aromatic heterocycles. The lowest BCUT2D eigenvalue weighted by Crippen LogP contribution is -2.27. The van der Waals surface area contributed by atoms with Gasteiger partial charge in [0, 0.05) is 6.54 Å². The van der Waals surface area contributed by atoms with Gasteiger partial charge in [-0.15, -0.1) is 5.10 Å². The van der Waals surface area contributed by atoms with E-state index in [-0.39, 0.29) is 5.96 Å². The molecule has 0 unspecified atom stereocenters. The summed E-state index contributed by atoms with van der Waals surface area (Å²) in [6.07, 6.45) is 0. The Kier molecular flexibility index (Phi) is 3.59. The molecule has 0 aliphatic heterocycles. The lowest BCUT2D eigenvalue weighted by Gasteiger charge is -2.02. The number of nitrogens with two attached hydrogens (primary N) is 2. The van der Waals surface area contributed by atoms with Crippen molar-refractivity contribution in [2.24, 2.45) is 22.5 Å². The fourth-order valence-electron chi connectivity index (χ4n) is 0.320. The highest BCUT2D eigenvalue weighted by Crippen LogP contribution is 1.85. The first-order valence-electron chi connectivity index (χ1n) is 2.94. The topological polar surface area (TPSA) is 76.4 Å². The molecular formula is C5H14N4. The van der Waals surface area contributed by atoms with Gasteiger partial charge in [0.25, 0.3) is 0 Å². The highest BCUT2D eigenvalue weighted by atomic mass is 15.3. The van der Waals surface area contributed by atoms with E-state index in [1.165, 1.54) is 0 Å². The van der Waals surface area contributed by atoms with E-state index in [0.29, 0.717) is 5.92 Å². The van der Waals surface area contributed by atoms with Crippen LogP contribution in [0.3, 0.4) is 0 Å². The van der Waals surface area contributed by atoms with Crippen LogP contribution in [0, 0.1) is 5.92 Å². The Morgan fingerprint density at radius 1 is 1.56 bits per heavy atom. The molecule has 0 atom stereocenters. The molecule has 0 aliphatic rings. The lowest BCUT2D eigenvalue weighted by atomic mass is 10.2. The minimum absolute atomic E-state index is 0.0793. The van der Waals surface area contributed by atoms with Gasteiger partial charge in [-0.25, -0.2) is 0 Å². The molecular weight excluding hydrogens is 116 g/mol. The first-order valence-corrected chi connectivity index (χ1v) is 2.94. The molecule has 0 saturated carbocycles. The average molecular weight is 130 g/mol. The van der Waals surface area contributed by atoms with Crippen molar-refractivity contribution in [1.82, 2.24) is 5.43 Å². The van der Waals surface area contributed by atoms with E-state index in [0.717, 1.165) is 6.54 Å². The second kappa shape index (κ2) is 4.00. The van der Waals surface area contributed by atoms with E-state index in [4.69, 9.17) is 11.5 Å². The number of nitrogens with zero attached hydrogens (tertiary/aromatic N) is 1. The monoisotopic (exact) mass is 130 g/mol. The maximum absolute atomic E-state index is 5.04. The van der Waals surface area contributed by atoms with E-state index in [9.17, 15) is 0 Å². The van der Waals surface area contributed by atoms with Crippen LogP contribution in [0.5, 0.6) is 0 Å². The summed E-state index contributed by atoms with van der Waals surface area (Å²) in [7, 11) is 0. The van der Waals surface area contributed by atoms with Crippen molar-refractivity contribution in [3.63, 3.8) is 0 Å². The van der Waals surface area contributed by atoms with E-state index in [2.05, 4.69) is 24.4 Å². The smallest absolute Gasteiger partial charge is 0.208 e. The maximum Gasteiger partial charge on any atom is 0.208 e. The van der Waals surface area contributed by atoms with Gasteiger partial charge in [-0.1, -0.05) is 13.8 Å². The van der Waals surface area contributed by atoms with E-state index >= 15 is 0 Å². The molecule has 9 heavy (non-hydrogen) atoms. The van der Waals surface area contributed by atoms with Crippen LogP contribution in [0.15, 0.2) is 5.10 Å². The van der Waals surface area contributed by atoms with Gasteiger partial charge in [0.1, 0.15) is 0 Å². The number of guanidine groups is 1. The normalized spacial score (nSPS) is 9.22. The van der Waals surface area contributed by atoms with Crippen LogP contribution >= 0.6 is 0 Å². The number of nitrogens with one attached hydrogen (secondary N) is 1. The maximum atomic E-state index is 5.04. The van der Waals surface area contributed by atoms with Crippen LogP contribution in [-0.2, 0) is 0 Å². The molecule has 0 aromatic rings. The summed E-state index contributed by atoms with van der Waals surface area (Å²) < 4.78 is 0. The standard InChI is InChI=1S/C5H14N4/c1-4(2)3-8-9-5(6)7/h4,8H,3H2,1-2H3,(H4,6,7,9). The summed E-state index contributed by atoms with van der Waals surface area (Å²) in [4.78, 5) is 0. The predicted molar refractivity (Wildman–Crippen MR) is 38.7 cm³/mol. The first-order chi connectivity index (χ1) is 4.13. The summed E-state index contributed by atoms with van der Waals surface area (Å²) >= 11 is 0. The van der Waals surface area contributed by atoms with Crippen LogP contribution in [-0.4, -0.2) is 12.5 Å². The highest BCUT2D eigenvalue weighted by Gasteiger charge is 1.88. The number of rotatable bonds is 3. The molecule has 4 nitrogen and oxygen atoms in total. The largest absolute Gasteiger partial charge is 0.369 e. The van der Waals surface area contributed by atoms with Crippen LogP contribution < -0.4 is 16.9 Å². The molecule has 0 rings (SSSR count). The van der Waals surface area contributed by atoms with E-state index in [1.807, 2.05) is 0 Å². The quantitative estimate of drug-likeness (QED) is 0.272. The zero-order valence-corrected chi connectivity index (χ0v) is 5.89. The molecule has 5 N–H and O–H groups in total. The molecule has 0 radical (unpaired) electrons. The molecule has 54 valence electrons. The molecule has 0 saturated heterocycles. The molecule has 0 aliphatic carbocycles.